The van der Waals surface area contributed by atoms with Gasteiger partial charge in [-0.3, -0.25) is 0 Å². The summed E-state index contributed by atoms with van der Waals surface area (Å²) in [4.78, 5) is 9.59. The zero-order valence-corrected chi connectivity index (χ0v) is 4.63. The largest absolute Gasteiger partial charge is 0.356 e. The lowest BCUT2D eigenvalue weighted by molar-refractivity contribution is -0.112. The van der Waals surface area contributed by atoms with Crippen LogP contribution in [-0.2, 0) is 9.53 Å². The molecule has 3 nitrogen and oxygen atoms in total. The molecule has 0 aliphatic heterocycles. The minimum Gasteiger partial charge on any atom is -0.356 e. The summed E-state index contributed by atoms with van der Waals surface area (Å²) in [6, 6.07) is 1.82. The van der Waals surface area contributed by atoms with Crippen molar-refractivity contribution in [2.75, 3.05) is 6.61 Å². The monoisotopic (exact) mass is 113 g/mol. The molecule has 0 saturated carbocycles. The fourth-order valence-corrected chi connectivity index (χ4v) is 0.221. The maximum Gasteiger partial charge on any atom is 0.145 e. The predicted octanol–water partition coefficient (Wildman–Crippen LogP) is 0.114. The molecule has 1 unspecified atom stereocenters. The molecular formula is C5H7NO2. The van der Waals surface area contributed by atoms with Crippen molar-refractivity contribution in [3.63, 3.8) is 0 Å². The van der Waals surface area contributed by atoms with E-state index in [1.54, 1.807) is 6.92 Å². The molecule has 0 spiro atoms. The third-order valence-electron chi connectivity index (χ3n) is 0.596. The van der Waals surface area contributed by atoms with Gasteiger partial charge in [-0.2, -0.15) is 5.26 Å². The Hall–Kier alpha value is -0.880. The van der Waals surface area contributed by atoms with Crippen LogP contribution in [0, 0.1) is 11.3 Å². The Morgan fingerprint density at radius 3 is 3.00 bits per heavy atom. The van der Waals surface area contributed by atoms with E-state index in [9.17, 15) is 4.79 Å². The number of rotatable bonds is 3. The lowest BCUT2D eigenvalue weighted by Crippen LogP contribution is -2.06. The van der Waals surface area contributed by atoms with Gasteiger partial charge in [0.25, 0.3) is 0 Å². The third-order valence-corrected chi connectivity index (χ3v) is 0.596. The van der Waals surface area contributed by atoms with Crippen LogP contribution in [0.4, 0.5) is 0 Å². The second kappa shape index (κ2) is 4.28. The van der Waals surface area contributed by atoms with Crippen LogP contribution in [0.5, 0.6) is 0 Å². The highest BCUT2D eigenvalue weighted by atomic mass is 16.5. The summed E-state index contributed by atoms with van der Waals surface area (Å²) in [5.74, 6) is 0. The first-order valence-corrected chi connectivity index (χ1v) is 2.26. The van der Waals surface area contributed by atoms with Crippen molar-refractivity contribution in [1.29, 1.82) is 5.26 Å². The molecular weight excluding hydrogens is 106 g/mol. The topological polar surface area (TPSA) is 50.1 Å². The molecule has 0 heterocycles. The van der Waals surface area contributed by atoms with Crippen molar-refractivity contribution in [3.05, 3.63) is 0 Å². The summed E-state index contributed by atoms with van der Waals surface area (Å²) < 4.78 is 4.61. The van der Waals surface area contributed by atoms with Gasteiger partial charge in [-0.15, -0.1) is 0 Å². The van der Waals surface area contributed by atoms with Crippen LogP contribution in [0.25, 0.3) is 0 Å². The minimum absolute atomic E-state index is 0.00866. The highest BCUT2D eigenvalue weighted by molar-refractivity contribution is 5.50. The second-order valence-electron chi connectivity index (χ2n) is 1.27. The molecule has 0 aliphatic rings. The fraction of sp³-hybridized carbons (Fsp3) is 0.600. The molecule has 44 valence electrons. The van der Waals surface area contributed by atoms with Crippen molar-refractivity contribution >= 4 is 6.29 Å². The van der Waals surface area contributed by atoms with Gasteiger partial charge in [0.05, 0.1) is 6.07 Å². The molecule has 0 rings (SSSR count). The van der Waals surface area contributed by atoms with E-state index in [2.05, 4.69) is 4.74 Å². The summed E-state index contributed by atoms with van der Waals surface area (Å²) in [5.41, 5.74) is 0. The van der Waals surface area contributed by atoms with Crippen LogP contribution in [0.15, 0.2) is 0 Å². The summed E-state index contributed by atoms with van der Waals surface area (Å²) in [5, 5.41) is 8.07. The van der Waals surface area contributed by atoms with E-state index in [0.717, 1.165) is 0 Å². The Labute approximate surface area is 47.9 Å². The Kier molecular flexibility index (Phi) is 3.81. The lowest BCUT2D eigenvalue weighted by atomic mass is 10.5. The second-order valence-corrected chi connectivity index (χ2v) is 1.27. The van der Waals surface area contributed by atoms with Gasteiger partial charge in [-0.1, -0.05) is 0 Å². The summed E-state index contributed by atoms with van der Waals surface area (Å²) in [6.45, 7) is 1.60. The van der Waals surface area contributed by atoms with E-state index in [0.29, 0.717) is 6.29 Å². The molecule has 0 fully saturated rings. The maximum atomic E-state index is 9.59. The SMILES string of the molecule is CC(C#N)OCC=O. The van der Waals surface area contributed by atoms with E-state index in [4.69, 9.17) is 5.26 Å². The van der Waals surface area contributed by atoms with Crippen molar-refractivity contribution < 1.29 is 9.53 Å². The number of carbonyl (C=O) groups is 1. The van der Waals surface area contributed by atoms with E-state index < -0.39 is 6.10 Å². The van der Waals surface area contributed by atoms with Crippen molar-refractivity contribution in [3.8, 4) is 6.07 Å². The number of carbonyl (C=O) groups excluding carboxylic acids is 1. The molecule has 0 aromatic carbocycles. The highest BCUT2D eigenvalue weighted by Crippen LogP contribution is 1.83. The minimum atomic E-state index is -0.472. The number of nitriles is 1. The van der Waals surface area contributed by atoms with Gasteiger partial charge in [0.15, 0.2) is 0 Å². The molecule has 0 amide bonds. The number of ether oxygens (including phenoxy) is 1. The summed E-state index contributed by atoms with van der Waals surface area (Å²) in [6.07, 6.45) is 0.147. The molecule has 0 aromatic heterocycles. The third kappa shape index (κ3) is 3.32. The molecule has 0 bridgehead atoms. The number of nitrogens with zero attached hydrogens (tertiary/aromatic N) is 1. The first-order valence-electron chi connectivity index (χ1n) is 2.26. The summed E-state index contributed by atoms with van der Waals surface area (Å²) >= 11 is 0. The quantitative estimate of drug-likeness (QED) is 0.488. The first-order chi connectivity index (χ1) is 3.81. The molecule has 0 radical (unpaired) electrons. The van der Waals surface area contributed by atoms with Gasteiger partial charge < -0.3 is 9.53 Å². The molecule has 8 heavy (non-hydrogen) atoms. The molecule has 0 saturated heterocycles. The van der Waals surface area contributed by atoms with Crippen LogP contribution >= 0.6 is 0 Å². The van der Waals surface area contributed by atoms with Gasteiger partial charge in [0.1, 0.15) is 19.0 Å². The van der Waals surface area contributed by atoms with Crippen molar-refractivity contribution in [2.45, 2.75) is 13.0 Å². The number of hydrogen-bond donors (Lipinski definition) is 0. The van der Waals surface area contributed by atoms with E-state index >= 15 is 0 Å². The van der Waals surface area contributed by atoms with E-state index in [1.807, 2.05) is 6.07 Å². The van der Waals surface area contributed by atoms with Crippen LogP contribution in [0.2, 0.25) is 0 Å². The molecule has 3 heteroatoms. The molecule has 0 aromatic rings. The first kappa shape index (κ1) is 7.12. The van der Waals surface area contributed by atoms with Crippen LogP contribution < -0.4 is 0 Å². The zero-order valence-electron chi connectivity index (χ0n) is 4.63. The average molecular weight is 113 g/mol. The number of aldehydes is 1. The van der Waals surface area contributed by atoms with Gasteiger partial charge in [0, 0.05) is 0 Å². The summed E-state index contributed by atoms with van der Waals surface area (Å²) in [7, 11) is 0. The lowest BCUT2D eigenvalue weighted by Gasteiger charge is -1.96. The Balaban J connectivity index is 3.14. The average Bonchev–Trinajstić information content (AvgIpc) is 1.83. The Bertz CT molecular complexity index is 105. The van der Waals surface area contributed by atoms with Crippen molar-refractivity contribution in [1.82, 2.24) is 0 Å². The normalized spacial score (nSPS) is 12.0. The van der Waals surface area contributed by atoms with Crippen LogP contribution in [0.3, 0.4) is 0 Å². The molecule has 0 N–H and O–H groups in total. The number of hydrogen-bond acceptors (Lipinski definition) is 3. The fourth-order valence-electron chi connectivity index (χ4n) is 0.221. The van der Waals surface area contributed by atoms with E-state index in [-0.39, 0.29) is 6.61 Å². The standard InChI is InChI=1S/C5H7NO2/c1-5(4-6)8-3-2-7/h2,5H,3H2,1H3. The zero-order chi connectivity index (χ0) is 6.41. The Morgan fingerprint density at radius 1 is 2.00 bits per heavy atom. The van der Waals surface area contributed by atoms with E-state index in [1.165, 1.54) is 0 Å². The van der Waals surface area contributed by atoms with Gasteiger partial charge >= 0.3 is 0 Å². The smallest absolute Gasteiger partial charge is 0.145 e. The van der Waals surface area contributed by atoms with Gasteiger partial charge in [-0.25, -0.2) is 0 Å². The maximum absolute atomic E-state index is 9.59. The van der Waals surface area contributed by atoms with Crippen LogP contribution in [0.1, 0.15) is 6.92 Å². The predicted molar refractivity (Wildman–Crippen MR) is 27.1 cm³/mol. The van der Waals surface area contributed by atoms with Crippen LogP contribution in [-0.4, -0.2) is 19.0 Å². The van der Waals surface area contributed by atoms with Gasteiger partial charge in [-0.05, 0) is 6.92 Å². The van der Waals surface area contributed by atoms with Crippen molar-refractivity contribution in [2.24, 2.45) is 0 Å². The van der Waals surface area contributed by atoms with Gasteiger partial charge in [0.2, 0.25) is 0 Å². The molecule has 1 atom stereocenters. The molecule has 0 aliphatic carbocycles. The Morgan fingerprint density at radius 2 is 2.62 bits per heavy atom. The highest BCUT2D eigenvalue weighted by Gasteiger charge is 1.94.